The normalized spacial score (nSPS) is 14.2. The third kappa shape index (κ3) is 70.5. The molecule has 0 aliphatic carbocycles. The fourth-order valence-corrected chi connectivity index (χ4v) is 11.3. The molecule has 0 bridgehead atoms. The highest BCUT2D eigenvalue weighted by molar-refractivity contribution is 7.45. The molecule has 0 heterocycles. The van der Waals surface area contributed by atoms with Gasteiger partial charge in [0.25, 0.3) is 7.82 Å². The van der Waals surface area contributed by atoms with Crippen molar-refractivity contribution in [2.75, 3.05) is 40.9 Å². The van der Waals surface area contributed by atoms with Crippen LogP contribution in [0.5, 0.6) is 0 Å². The molecule has 0 aromatic rings. The maximum absolute atomic E-state index is 13.6. The average Bonchev–Trinajstić information content (AvgIpc) is 3.69. The third-order valence-corrected chi connectivity index (χ3v) is 17.3. The van der Waals surface area contributed by atoms with Crippen LogP contribution in [0.1, 0.15) is 323 Å². The standard InChI is InChI=1S/C82H143N2O7P/c1-7-10-13-16-19-22-25-28-30-32-34-36-38-40-42-44-46-48-50-52-54-56-59-62-65-68-71-74-81(85)83-79(78-90-92(87,88)89-77-76-84(4,5)6)80(73-70-67-64-61-58-27-24-21-18-15-12-9-3)91-82(86)75-72-69-66-63-60-57-55-53-51-49-47-45-43-41-39-37-35-33-31-29-26-23-20-17-14-11-8-2/h10-11,13-14,19-20,22-23,28-31,34-37,40-43,70,73,79-80H,7-9,12,15-18,21,24-27,32-33,38-39,44-69,71-72,74-78H2,1-6H3,(H-,83,85,87,88)/b13-10-,14-11-,22-19-,23-20-,30-28-,31-29-,36-34-,37-35-,42-40-,43-41-,73-70+. The molecule has 0 saturated heterocycles. The number of hydrogen-bond acceptors (Lipinski definition) is 7. The van der Waals surface area contributed by atoms with Crippen LogP contribution in [-0.2, 0) is 27.9 Å². The summed E-state index contributed by atoms with van der Waals surface area (Å²) >= 11 is 0. The number of nitrogens with one attached hydrogen (secondary N) is 1. The molecule has 0 aromatic carbocycles. The average molecular weight is 1300 g/mol. The van der Waals surface area contributed by atoms with E-state index in [-0.39, 0.29) is 24.9 Å². The van der Waals surface area contributed by atoms with Crippen molar-refractivity contribution in [1.82, 2.24) is 5.32 Å². The van der Waals surface area contributed by atoms with Crippen LogP contribution >= 0.6 is 7.82 Å². The number of phosphoric ester groups is 1. The first kappa shape index (κ1) is 88.2. The van der Waals surface area contributed by atoms with Crippen molar-refractivity contribution in [1.29, 1.82) is 0 Å². The van der Waals surface area contributed by atoms with E-state index in [1.807, 2.05) is 33.3 Å². The summed E-state index contributed by atoms with van der Waals surface area (Å²) < 4.78 is 30.5. The number of hydrogen-bond donors (Lipinski definition) is 1. The van der Waals surface area contributed by atoms with E-state index in [0.29, 0.717) is 17.4 Å². The lowest BCUT2D eigenvalue weighted by molar-refractivity contribution is -0.870. The number of amides is 1. The van der Waals surface area contributed by atoms with E-state index in [0.717, 1.165) is 148 Å². The zero-order valence-electron chi connectivity index (χ0n) is 60.5. The van der Waals surface area contributed by atoms with Gasteiger partial charge < -0.3 is 28.5 Å². The van der Waals surface area contributed by atoms with E-state index < -0.39 is 26.6 Å². The zero-order chi connectivity index (χ0) is 67.0. The number of phosphoric acid groups is 1. The minimum Gasteiger partial charge on any atom is -0.756 e. The van der Waals surface area contributed by atoms with Crippen LogP contribution in [0.25, 0.3) is 0 Å². The molecule has 3 atom stereocenters. The number of rotatable bonds is 68. The molecule has 0 radical (unpaired) electrons. The Kier molecular flexibility index (Phi) is 67.0. The van der Waals surface area contributed by atoms with Gasteiger partial charge in [0.2, 0.25) is 5.91 Å². The van der Waals surface area contributed by atoms with Crippen LogP contribution in [-0.4, -0.2) is 69.4 Å². The number of nitrogens with zero attached hydrogens (tertiary/aromatic N) is 1. The van der Waals surface area contributed by atoms with E-state index in [2.05, 4.69) is 148 Å². The van der Waals surface area contributed by atoms with Gasteiger partial charge >= 0.3 is 5.97 Å². The highest BCUT2D eigenvalue weighted by atomic mass is 31.2. The fraction of sp³-hybridized carbons (Fsp3) is 0.707. The molecule has 0 aliphatic rings. The van der Waals surface area contributed by atoms with Crippen LogP contribution in [0.2, 0.25) is 0 Å². The van der Waals surface area contributed by atoms with Gasteiger partial charge in [-0.3, -0.25) is 14.2 Å². The van der Waals surface area contributed by atoms with Gasteiger partial charge in [-0.15, -0.1) is 0 Å². The van der Waals surface area contributed by atoms with Gasteiger partial charge in [-0.2, -0.15) is 0 Å². The maximum atomic E-state index is 13.6. The molecule has 1 N–H and O–H groups in total. The number of allylic oxidation sites excluding steroid dienone is 21. The number of unbranched alkanes of at least 4 members (excludes halogenated alkanes) is 32. The molecular formula is C82H143N2O7P. The number of carbonyl (C=O) groups excluding carboxylic acids is 2. The van der Waals surface area contributed by atoms with Crippen molar-refractivity contribution in [2.45, 2.75) is 335 Å². The summed E-state index contributed by atoms with van der Waals surface area (Å²) in [6.45, 7) is 6.63. The first-order chi connectivity index (χ1) is 44.9. The SMILES string of the molecule is CC/C=C\C/C=C\C/C=C\C/C=C\C/C=C\CCCCCCCCCCCCCC(=O)NC(COP(=O)([O-])OCC[N+](C)(C)C)C(/C=C/CCCCCCCCCCCC)OC(=O)CCCCCCCCCCCCC/C=C\C/C=C\C/C=C\C/C=C\C/C=C\CC. The smallest absolute Gasteiger partial charge is 0.306 e. The molecule has 10 heteroatoms. The van der Waals surface area contributed by atoms with E-state index >= 15 is 0 Å². The lowest BCUT2D eigenvalue weighted by Gasteiger charge is -2.30. The van der Waals surface area contributed by atoms with E-state index in [9.17, 15) is 19.0 Å². The van der Waals surface area contributed by atoms with Crippen LogP contribution < -0.4 is 10.2 Å². The quantitative estimate of drug-likeness (QED) is 0.0212. The molecule has 1 amide bonds. The first-order valence-corrected chi connectivity index (χ1v) is 39.5. The molecule has 0 aliphatic heterocycles. The van der Waals surface area contributed by atoms with E-state index in [1.165, 1.54) is 141 Å². The zero-order valence-corrected chi connectivity index (χ0v) is 61.4. The number of carbonyl (C=O) groups is 2. The van der Waals surface area contributed by atoms with Crippen molar-refractivity contribution in [3.8, 4) is 0 Å². The molecule has 0 spiro atoms. The topological polar surface area (TPSA) is 114 Å². The number of likely N-dealkylation sites (N-methyl/N-ethyl adjacent to an activating group) is 1. The number of ether oxygens (including phenoxy) is 1. The van der Waals surface area contributed by atoms with Crippen LogP contribution in [0.15, 0.2) is 134 Å². The minimum absolute atomic E-state index is 0.0288. The highest BCUT2D eigenvalue weighted by Gasteiger charge is 2.27. The van der Waals surface area contributed by atoms with Gasteiger partial charge in [-0.25, -0.2) is 0 Å². The lowest BCUT2D eigenvalue weighted by atomic mass is 10.0. The van der Waals surface area contributed by atoms with Gasteiger partial charge in [-0.05, 0) is 122 Å². The predicted molar refractivity (Wildman–Crippen MR) is 399 cm³/mol. The minimum atomic E-state index is -4.72. The summed E-state index contributed by atoms with van der Waals surface area (Å²) in [7, 11) is 1.17. The Bertz CT molecular complexity index is 2040. The molecule has 3 unspecified atom stereocenters. The van der Waals surface area contributed by atoms with Gasteiger partial charge in [0.15, 0.2) is 0 Å². The van der Waals surface area contributed by atoms with E-state index in [4.69, 9.17) is 13.8 Å². The van der Waals surface area contributed by atoms with Crippen molar-refractivity contribution < 1.29 is 37.3 Å². The molecule has 0 rings (SSSR count). The van der Waals surface area contributed by atoms with Crippen molar-refractivity contribution >= 4 is 19.7 Å². The van der Waals surface area contributed by atoms with Crippen molar-refractivity contribution in [2.24, 2.45) is 0 Å². The monoisotopic (exact) mass is 1300 g/mol. The summed E-state index contributed by atoms with van der Waals surface area (Å²) in [6, 6.07) is -0.901. The van der Waals surface area contributed by atoms with Crippen LogP contribution in [0, 0.1) is 0 Å². The van der Waals surface area contributed by atoms with Gasteiger partial charge in [0.05, 0.1) is 33.8 Å². The third-order valence-electron chi connectivity index (χ3n) is 16.3. The largest absolute Gasteiger partial charge is 0.756 e. The summed E-state index contributed by atoms with van der Waals surface area (Å²) in [5, 5.41) is 3.05. The van der Waals surface area contributed by atoms with E-state index in [1.54, 1.807) is 0 Å². The molecule has 528 valence electrons. The van der Waals surface area contributed by atoms with Crippen LogP contribution in [0.4, 0.5) is 0 Å². The second-order valence-electron chi connectivity index (χ2n) is 26.4. The van der Waals surface area contributed by atoms with Crippen molar-refractivity contribution in [3.05, 3.63) is 134 Å². The predicted octanol–water partition coefficient (Wildman–Crippen LogP) is 24.1. The fourth-order valence-electron chi connectivity index (χ4n) is 10.6. The Morgan fingerprint density at radius 3 is 1.04 bits per heavy atom. The highest BCUT2D eigenvalue weighted by Crippen LogP contribution is 2.38. The second kappa shape index (κ2) is 70.0. The second-order valence-corrected chi connectivity index (χ2v) is 27.8. The first-order valence-electron chi connectivity index (χ1n) is 38.0. The Balaban J connectivity index is 5.00. The van der Waals surface area contributed by atoms with Crippen molar-refractivity contribution in [3.63, 3.8) is 0 Å². The molecule has 0 fully saturated rings. The van der Waals surface area contributed by atoms with Gasteiger partial charge in [0.1, 0.15) is 19.3 Å². The Morgan fingerprint density at radius 1 is 0.391 bits per heavy atom. The Hall–Kier alpha value is -3.85. The summed E-state index contributed by atoms with van der Waals surface area (Å²) in [6.07, 6.45) is 100. The molecule has 92 heavy (non-hydrogen) atoms. The molecule has 9 nitrogen and oxygen atoms in total. The molecular weight excluding hydrogens is 1160 g/mol. The Labute approximate surface area is 568 Å². The molecule has 0 aromatic heterocycles. The summed E-state index contributed by atoms with van der Waals surface area (Å²) in [5.74, 6) is -0.547. The number of quaternary nitrogens is 1. The van der Waals surface area contributed by atoms with Gasteiger partial charge in [0, 0.05) is 12.8 Å². The summed E-state index contributed by atoms with van der Waals surface area (Å²) in [4.78, 5) is 40.3. The Morgan fingerprint density at radius 2 is 0.696 bits per heavy atom. The molecule has 0 saturated carbocycles. The summed E-state index contributed by atoms with van der Waals surface area (Å²) in [5.41, 5.74) is 0. The van der Waals surface area contributed by atoms with Gasteiger partial charge in [-0.1, -0.05) is 322 Å². The maximum Gasteiger partial charge on any atom is 0.306 e. The van der Waals surface area contributed by atoms with Crippen LogP contribution in [0.3, 0.4) is 0 Å². The number of esters is 1. The lowest BCUT2D eigenvalue weighted by Crippen LogP contribution is -2.47.